The van der Waals surface area contributed by atoms with Crippen molar-refractivity contribution >= 4 is 29.2 Å². The number of nitrogens with zero attached hydrogens (tertiary/aromatic N) is 2. The number of hydrogen-bond donors (Lipinski definition) is 0. The molecule has 0 aliphatic carbocycles. The van der Waals surface area contributed by atoms with Crippen LogP contribution in [0, 0.1) is 0 Å². The normalized spacial score (nSPS) is 14.8. The van der Waals surface area contributed by atoms with Crippen LogP contribution in [0.3, 0.4) is 0 Å². The van der Waals surface area contributed by atoms with E-state index in [4.69, 9.17) is 4.74 Å². The molecule has 1 aliphatic heterocycles. The van der Waals surface area contributed by atoms with Gasteiger partial charge in [0.2, 0.25) is 11.8 Å². The third kappa shape index (κ3) is 3.59. The van der Waals surface area contributed by atoms with Crippen LogP contribution in [0.4, 0.5) is 5.69 Å². The highest BCUT2D eigenvalue weighted by Gasteiger charge is 2.25. The molecule has 0 saturated carbocycles. The molecule has 3 rings (SSSR count). The Balaban J connectivity index is 1.94. The lowest BCUT2D eigenvalue weighted by Crippen LogP contribution is -2.23. The van der Waals surface area contributed by atoms with Gasteiger partial charge in [0.15, 0.2) is 11.5 Å². The quantitative estimate of drug-likeness (QED) is 0.483. The average Bonchev–Trinajstić information content (AvgIpc) is 3.01. The fourth-order valence-electron chi connectivity index (χ4n) is 2.43. The number of carbonyl (C=O) groups excluding carboxylic acids is 3. The van der Waals surface area contributed by atoms with E-state index in [0.29, 0.717) is 16.8 Å². The number of benzene rings is 2. The SMILES string of the molecule is CC(=O)c1ccc(N(/C=C2/N=C(c3ccccc3)OC2=O)C(C)=O)cc1. The molecule has 0 bridgehead atoms. The van der Waals surface area contributed by atoms with Crippen molar-refractivity contribution in [3.63, 3.8) is 0 Å². The monoisotopic (exact) mass is 348 g/mol. The van der Waals surface area contributed by atoms with Crippen LogP contribution in [0.1, 0.15) is 29.8 Å². The zero-order valence-electron chi connectivity index (χ0n) is 14.3. The molecule has 0 radical (unpaired) electrons. The van der Waals surface area contributed by atoms with Crippen LogP contribution in [-0.2, 0) is 14.3 Å². The minimum absolute atomic E-state index is 0.0229. The predicted molar refractivity (Wildman–Crippen MR) is 96.8 cm³/mol. The summed E-state index contributed by atoms with van der Waals surface area (Å²) in [5.74, 6) is -0.808. The second-order valence-electron chi connectivity index (χ2n) is 5.68. The summed E-state index contributed by atoms with van der Waals surface area (Å²) in [7, 11) is 0. The first-order valence-corrected chi connectivity index (χ1v) is 7.94. The molecule has 0 N–H and O–H groups in total. The van der Waals surface area contributed by atoms with Gasteiger partial charge in [0.05, 0.1) is 0 Å². The number of anilines is 1. The maximum absolute atomic E-state index is 12.1. The molecule has 26 heavy (non-hydrogen) atoms. The molecule has 0 aromatic heterocycles. The largest absolute Gasteiger partial charge is 0.402 e. The van der Waals surface area contributed by atoms with Crippen LogP contribution in [0.2, 0.25) is 0 Å². The van der Waals surface area contributed by atoms with Gasteiger partial charge in [-0.1, -0.05) is 18.2 Å². The number of ether oxygens (including phenoxy) is 1. The van der Waals surface area contributed by atoms with E-state index < -0.39 is 5.97 Å². The minimum atomic E-state index is -0.629. The Bertz CT molecular complexity index is 928. The Hall–Kier alpha value is -3.54. The van der Waals surface area contributed by atoms with Crippen LogP contribution in [0.15, 0.2) is 71.5 Å². The predicted octanol–water partition coefficient (Wildman–Crippen LogP) is 3.09. The highest BCUT2D eigenvalue weighted by Crippen LogP contribution is 2.21. The van der Waals surface area contributed by atoms with Crippen molar-refractivity contribution in [1.29, 1.82) is 0 Å². The molecule has 1 amide bonds. The Labute approximate surface area is 150 Å². The highest BCUT2D eigenvalue weighted by atomic mass is 16.6. The number of esters is 1. The van der Waals surface area contributed by atoms with Gasteiger partial charge in [-0.3, -0.25) is 14.5 Å². The number of hydrogen-bond acceptors (Lipinski definition) is 5. The fraction of sp³-hybridized carbons (Fsp3) is 0.100. The standard InChI is InChI=1S/C20H16N2O4/c1-13(23)15-8-10-17(11-9-15)22(14(2)24)12-18-20(25)26-19(21-18)16-6-4-3-5-7-16/h3-12H,1-2H3/b18-12+. The van der Waals surface area contributed by atoms with E-state index >= 15 is 0 Å². The van der Waals surface area contributed by atoms with Crippen molar-refractivity contribution in [3.05, 3.63) is 77.6 Å². The first-order chi connectivity index (χ1) is 12.5. The molecule has 6 nitrogen and oxygen atoms in total. The van der Waals surface area contributed by atoms with E-state index in [0.717, 1.165) is 0 Å². The van der Waals surface area contributed by atoms with Gasteiger partial charge >= 0.3 is 5.97 Å². The summed E-state index contributed by atoms with van der Waals surface area (Å²) in [5, 5.41) is 0. The van der Waals surface area contributed by atoms with Gasteiger partial charge in [-0.2, -0.15) is 0 Å². The van der Waals surface area contributed by atoms with Crippen molar-refractivity contribution < 1.29 is 19.1 Å². The van der Waals surface area contributed by atoms with Crippen molar-refractivity contribution in [3.8, 4) is 0 Å². The third-order valence-corrected chi connectivity index (χ3v) is 3.78. The summed E-state index contributed by atoms with van der Waals surface area (Å²) in [6.07, 6.45) is 1.34. The van der Waals surface area contributed by atoms with Crippen LogP contribution >= 0.6 is 0 Å². The molecule has 6 heteroatoms. The van der Waals surface area contributed by atoms with Gasteiger partial charge in [-0.15, -0.1) is 0 Å². The first kappa shape index (κ1) is 17.3. The highest BCUT2D eigenvalue weighted by molar-refractivity contribution is 6.11. The molecule has 1 aliphatic rings. The Kier molecular flexibility index (Phi) is 4.75. The van der Waals surface area contributed by atoms with Gasteiger partial charge in [-0.05, 0) is 43.3 Å². The lowest BCUT2D eigenvalue weighted by molar-refractivity contribution is -0.130. The zero-order chi connectivity index (χ0) is 18.7. The average molecular weight is 348 g/mol. The summed E-state index contributed by atoms with van der Waals surface area (Å²) < 4.78 is 5.19. The van der Waals surface area contributed by atoms with Crippen LogP contribution in [0.25, 0.3) is 0 Å². The van der Waals surface area contributed by atoms with Gasteiger partial charge in [0, 0.05) is 29.9 Å². The topological polar surface area (TPSA) is 76.0 Å². The Morgan fingerprint density at radius 3 is 2.23 bits per heavy atom. The van der Waals surface area contributed by atoms with Crippen molar-refractivity contribution in [2.45, 2.75) is 13.8 Å². The van der Waals surface area contributed by atoms with E-state index in [-0.39, 0.29) is 23.3 Å². The van der Waals surface area contributed by atoms with Crippen molar-refractivity contribution in [2.24, 2.45) is 4.99 Å². The van der Waals surface area contributed by atoms with Gasteiger partial charge in [-0.25, -0.2) is 9.79 Å². The molecule has 0 spiro atoms. The van der Waals surface area contributed by atoms with Crippen LogP contribution in [-0.4, -0.2) is 23.6 Å². The smallest absolute Gasteiger partial charge is 0.365 e. The van der Waals surface area contributed by atoms with Crippen molar-refractivity contribution in [1.82, 2.24) is 0 Å². The first-order valence-electron chi connectivity index (χ1n) is 7.94. The summed E-state index contributed by atoms with van der Waals surface area (Å²) in [6, 6.07) is 15.5. The van der Waals surface area contributed by atoms with E-state index in [2.05, 4.69) is 4.99 Å². The van der Waals surface area contributed by atoms with Crippen LogP contribution in [0.5, 0.6) is 0 Å². The number of rotatable bonds is 4. The second kappa shape index (κ2) is 7.14. The number of aliphatic imine (C=N–C) groups is 1. The summed E-state index contributed by atoms with van der Waals surface area (Å²) in [4.78, 5) is 41.0. The molecule has 130 valence electrons. The van der Waals surface area contributed by atoms with E-state index in [1.165, 1.54) is 24.9 Å². The van der Waals surface area contributed by atoms with Gasteiger partial charge in [0.25, 0.3) is 0 Å². The zero-order valence-corrected chi connectivity index (χ0v) is 14.3. The van der Waals surface area contributed by atoms with E-state index in [9.17, 15) is 14.4 Å². The molecule has 0 unspecified atom stereocenters. The lowest BCUT2D eigenvalue weighted by atomic mass is 10.1. The summed E-state index contributed by atoms with van der Waals surface area (Å²) in [5.41, 5.74) is 1.75. The Morgan fingerprint density at radius 1 is 1.00 bits per heavy atom. The lowest BCUT2D eigenvalue weighted by Gasteiger charge is -2.16. The molecule has 2 aromatic rings. The number of cyclic esters (lactones) is 1. The van der Waals surface area contributed by atoms with E-state index in [1.54, 1.807) is 36.4 Å². The second-order valence-corrected chi connectivity index (χ2v) is 5.68. The number of carbonyl (C=O) groups is 3. The van der Waals surface area contributed by atoms with Crippen molar-refractivity contribution in [2.75, 3.05) is 4.90 Å². The molecule has 0 fully saturated rings. The molecular weight excluding hydrogens is 332 g/mol. The van der Waals surface area contributed by atoms with Crippen LogP contribution < -0.4 is 4.90 Å². The number of ketones is 1. The number of amides is 1. The fourth-order valence-corrected chi connectivity index (χ4v) is 2.43. The maximum Gasteiger partial charge on any atom is 0.365 e. The molecular formula is C20H16N2O4. The van der Waals surface area contributed by atoms with Gasteiger partial charge in [0.1, 0.15) is 0 Å². The Morgan fingerprint density at radius 2 is 1.65 bits per heavy atom. The molecule has 1 heterocycles. The maximum atomic E-state index is 12.1. The van der Waals surface area contributed by atoms with Gasteiger partial charge < -0.3 is 4.74 Å². The van der Waals surface area contributed by atoms with E-state index in [1.807, 2.05) is 18.2 Å². The number of Topliss-reactive ketones (excluding diaryl/α,β-unsaturated/α-hetero) is 1. The minimum Gasteiger partial charge on any atom is -0.402 e. The summed E-state index contributed by atoms with van der Waals surface area (Å²) in [6.45, 7) is 2.84. The molecule has 2 aromatic carbocycles. The summed E-state index contributed by atoms with van der Waals surface area (Å²) >= 11 is 0. The third-order valence-electron chi connectivity index (χ3n) is 3.78. The molecule has 0 saturated heterocycles. The molecule has 0 atom stereocenters.